The molecular formula is C15H19ClN4O. The van der Waals surface area contributed by atoms with Crippen molar-refractivity contribution in [2.75, 3.05) is 37.7 Å². The van der Waals surface area contributed by atoms with Crippen LogP contribution in [0, 0.1) is 11.3 Å². The van der Waals surface area contributed by atoms with E-state index in [0.717, 1.165) is 45.1 Å². The lowest BCUT2D eigenvalue weighted by molar-refractivity contribution is 0.0204. The topological polar surface area (TPSA) is 52.4 Å². The zero-order valence-electron chi connectivity index (χ0n) is 12.1. The normalized spacial score (nSPS) is 26.8. The van der Waals surface area contributed by atoms with Gasteiger partial charge in [-0.15, -0.1) is 0 Å². The van der Waals surface area contributed by atoms with Gasteiger partial charge in [-0.05, 0) is 25.5 Å². The van der Waals surface area contributed by atoms with Gasteiger partial charge in [-0.3, -0.25) is 4.90 Å². The molecule has 0 aromatic carbocycles. The fraction of sp³-hybridized carbons (Fsp3) is 0.600. The number of rotatable bonds is 2. The van der Waals surface area contributed by atoms with Crippen LogP contribution < -0.4 is 4.90 Å². The van der Waals surface area contributed by atoms with Crippen molar-refractivity contribution in [1.29, 1.82) is 5.26 Å². The third kappa shape index (κ3) is 3.13. The van der Waals surface area contributed by atoms with Gasteiger partial charge in [-0.2, -0.15) is 5.26 Å². The first-order chi connectivity index (χ1) is 10.2. The van der Waals surface area contributed by atoms with Crippen molar-refractivity contribution in [1.82, 2.24) is 9.88 Å². The molecule has 2 aliphatic heterocycles. The second kappa shape index (κ2) is 6.18. The van der Waals surface area contributed by atoms with Gasteiger partial charge in [0.1, 0.15) is 11.0 Å². The zero-order chi connectivity index (χ0) is 14.8. The molecule has 6 heteroatoms. The molecule has 2 aliphatic rings. The molecule has 2 unspecified atom stereocenters. The second-order valence-corrected chi connectivity index (χ2v) is 6.08. The number of morpholine rings is 1. The third-order valence-electron chi connectivity index (χ3n) is 4.32. The Morgan fingerprint density at radius 2 is 2.14 bits per heavy atom. The van der Waals surface area contributed by atoms with Gasteiger partial charge in [0.15, 0.2) is 0 Å². The van der Waals surface area contributed by atoms with E-state index in [-0.39, 0.29) is 0 Å². The number of hydrogen-bond acceptors (Lipinski definition) is 5. The SMILES string of the molecule is CC1CC(N2CCOCC2)CN1c1cc(C#N)cc(Cl)n1. The van der Waals surface area contributed by atoms with Crippen LogP contribution in [0.4, 0.5) is 5.82 Å². The van der Waals surface area contributed by atoms with Crippen LogP contribution in [0.3, 0.4) is 0 Å². The Hall–Kier alpha value is -1.35. The van der Waals surface area contributed by atoms with Crippen molar-refractivity contribution in [3.05, 3.63) is 22.8 Å². The van der Waals surface area contributed by atoms with E-state index in [9.17, 15) is 0 Å². The van der Waals surface area contributed by atoms with Gasteiger partial charge in [0.25, 0.3) is 0 Å². The van der Waals surface area contributed by atoms with Crippen LogP contribution in [0.5, 0.6) is 0 Å². The van der Waals surface area contributed by atoms with E-state index in [4.69, 9.17) is 21.6 Å². The maximum absolute atomic E-state index is 9.07. The fourth-order valence-corrected chi connectivity index (χ4v) is 3.43. The van der Waals surface area contributed by atoms with Crippen LogP contribution in [0.1, 0.15) is 18.9 Å². The molecule has 2 atom stereocenters. The zero-order valence-corrected chi connectivity index (χ0v) is 12.9. The predicted molar refractivity (Wildman–Crippen MR) is 81.6 cm³/mol. The van der Waals surface area contributed by atoms with Crippen molar-refractivity contribution in [2.45, 2.75) is 25.4 Å². The number of anilines is 1. The molecule has 1 aromatic heterocycles. The van der Waals surface area contributed by atoms with Gasteiger partial charge in [0, 0.05) is 31.7 Å². The van der Waals surface area contributed by atoms with Crippen molar-refractivity contribution in [3.8, 4) is 6.07 Å². The van der Waals surface area contributed by atoms with E-state index >= 15 is 0 Å². The molecule has 0 saturated carbocycles. The minimum Gasteiger partial charge on any atom is -0.379 e. The van der Waals surface area contributed by atoms with Crippen molar-refractivity contribution in [3.63, 3.8) is 0 Å². The minimum atomic E-state index is 0.381. The molecule has 0 amide bonds. The van der Waals surface area contributed by atoms with E-state index in [2.05, 4.69) is 27.8 Å². The van der Waals surface area contributed by atoms with Crippen molar-refractivity contribution in [2.24, 2.45) is 0 Å². The van der Waals surface area contributed by atoms with Gasteiger partial charge in [-0.25, -0.2) is 4.98 Å². The van der Waals surface area contributed by atoms with Crippen LogP contribution in [0.25, 0.3) is 0 Å². The minimum absolute atomic E-state index is 0.381. The van der Waals surface area contributed by atoms with Gasteiger partial charge in [0.2, 0.25) is 0 Å². The summed E-state index contributed by atoms with van der Waals surface area (Å²) in [6.07, 6.45) is 1.11. The summed E-state index contributed by atoms with van der Waals surface area (Å²) in [6, 6.07) is 6.49. The highest BCUT2D eigenvalue weighted by Gasteiger charge is 2.34. The highest BCUT2D eigenvalue weighted by Crippen LogP contribution is 2.28. The summed E-state index contributed by atoms with van der Waals surface area (Å²) in [6.45, 7) is 6.77. The maximum Gasteiger partial charge on any atom is 0.132 e. The lowest BCUT2D eigenvalue weighted by Crippen LogP contribution is -2.44. The van der Waals surface area contributed by atoms with Crippen molar-refractivity contribution >= 4 is 17.4 Å². The summed E-state index contributed by atoms with van der Waals surface area (Å²) in [7, 11) is 0. The summed E-state index contributed by atoms with van der Waals surface area (Å²) in [5.41, 5.74) is 0.562. The standard InChI is InChI=1S/C15H19ClN4O/c1-11-6-13(19-2-4-21-5-3-19)10-20(11)15-8-12(9-17)7-14(16)18-15/h7-8,11,13H,2-6,10H2,1H3. The number of hydrogen-bond donors (Lipinski definition) is 0. The lowest BCUT2D eigenvalue weighted by Gasteiger charge is -2.32. The summed E-state index contributed by atoms with van der Waals surface area (Å²) < 4.78 is 5.42. The van der Waals surface area contributed by atoms with Crippen LogP contribution in [0.15, 0.2) is 12.1 Å². The molecule has 3 heterocycles. The Balaban J connectivity index is 1.77. The highest BCUT2D eigenvalue weighted by molar-refractivity contribution is 6.29. The Morgan fingerprint density at radius 3 is 2.86 bits per heavy atom. The third-order valence-corrected chi connectivity index (χ3v) is 4.51. The number of nitrogens with zero attached hydrogens (tertiary/aromatic N) is 4. The number of aromatic nitrogens is 1. The molecule has 21 heavy (non-hydrogen) atoms. The number of ether oxygens (including phenoxy) is 1. The Kier molecular flexibility index (Phi) is 4.29. The predicted octanol–water partition coefficient (Wildman–Crippen LogP) is 1.91. The van der Waals surface area contributed by atoms with Gasteiger partial charge in [-0.1, -0.05) is 11.6 Å². The average Bonchev–Trinajstić information content (AvgIpc) is 2.89. The summed E-state index contributed by atoms with van der Waals surface area (Å²) in [5, 5.41) is 9.45. The molecule has 1 aromatic rings. The molecule has 0 bridgehead atoms. The van der Waals surface area contributed by atoms with E-state index in [1.807, 2.05) is 6.07 Å². The Labute approximate surface area is 130 Å². The molecule has 0 radical (unpaired) electrons. The largest absolute Gasteiger partial charge is 0.379 e. The summed E-state index contributed by atoms with van der Waals surface area (Å²) >= 11 is 6.02. The summed E-state index contributed by atoms with van der Waals surface area (Å²) in [4.78, 5) is 9.14. The molecular weight excluding hydrogens is 288 g/mol. The number of pyridine rings is 1. The first kappa shape index (κ1) is 14.6. The Bertz CT molecular complexity index is 553. The molecule has 112 valence electrons. The lowest BCUT2D eigenvalue weighted by atomic mass is 10.1. The smallest absolute Gasteiger partial charge is 0.132 e. The molecule has 0 N–H and O–H groups in total. The van der Waals surface area contributed by atoms with Gasteiger partial charge < -0.3 is 9.64 Å². The molecule has 5 nitrogen and oxygen atoms in total. The van der Waals surface area contributed by atoms with Gasteiger partial charge in [0.05, 0.1) is 24.8 Å². The monoisotopic (exact) mass is 306 g/mol. The molecule has 3 rings (SSSR count). The summed E-state index contributed by atoms with van der Waals surface area (Å²) in [5.74, 6) is 0.808. The average molecular weight is 307 g/mol. The number of halogens is 1. The molecule has 0 aliphatic carbocycles. The van der Waals surface area contributed by atoms with Crippen molar-refractivity contribution < 1.29 is 4.74 Å². The van der Waals surface area contributed by atoms with E-state index in [1.54, 1.807) is 6.07 Å². The van der Waals surface area contributed by atoms with Crippen LogP contribution >= 0.6 is 11.6 Å². The second-order valence-electron chi connectivity index (χ2n) is 5.69. The first-order valence-electron chi connectivity index (χ1n) is 7.33. The fourth-order valence-electron chi connectivity index (χ4n) is 3.22. The van der Waals surface area contributed by atoms with Crippen LogP contribution in [-0.2, 0) is 4.74 Å². The molecule has 2 fully saturated rings. The Morgan fingerprint density at radius 1 is 1.38 bits per heavy atom. The first-order valence-corrected chi connectivity index (χ1v) is 7.71. The molecule has 2 saturated heterocycles. The maximum atomic E-state index is 9.07. The highest BCUT2D eigenvalue weighted by atomic mass is 35.5. The van der Waals surface area contributed by atoms with E-state index < -0.39 is 0 Å². The van der Waals surface area contributed by atoms with Crippen LogP contribution in [0.2, 0.25) is 5.15 Å². The van der Waals surface area contributed by atoms with E-state index in [0.29, 0.717) is 22.8 Å². The van der Waals surface area contributed by atoms with Gasteiger partial charge >= 0.3 is 0 Å². The quantitative estimate of drug-likeness (QED) is 0.781. The van der Waals surface area contributed by atoms with Crippen LogP contribution in [-0.4, -0.2) is 54.8 Å². The molecule has 0 spiro atoms. The van der Waals surface area contributed by atoms with E-state index in [1.165, 1.54) is 0 Å². The number of nitriles is 1.